The van der Waals surface area contributed by atoms with Gasteiger partial charge in [0, 0.05) is 38.6 Å². The fraction of sp³-hybridized carbons (Fsp3) is 0.519. The first-order valence-corrected chi connectivity index (χ1v) is 12.2. The van der Waals surface area contributed by atoms with Crippen molar-refractivity contribution >= 4 is 11.8 Å². The number of piperidine rings is 1. The average Bonchev–Trinajstić information content (AvgIpc) is 2.86. The van der Waals surface area contributed by atoms with Gasteiger partial charge in [-0.3, -0.25) is 14.6 Å². The van der Waals surface area contributed by atoms with E-state index in [1.54, 1.807) is 19.4 Å². The van der Waals surface area contributed by atoms with Gasteiger partial charge < -0.3 is 19.3 Å². The summed E-state index contributed by atoms with van der Waals surface area (Å²) in [5.41, 5.74) is 2.01. The molecule has 7 heteroatoms. The van der Waals surface area contributed by atoms with Crippen molar-refractivity contribution < 1.29 is 19.1 Å². The molecule has 1 aromatic carbocycles. The summed E-state index contributed by atoms with van der Waals surface area (Å²) in [6, 6.07) is 11.0. The maximum atomic E-state index is 13.4. The molecule has 0 aliphatic carbocycles. The van der Waals surface area contributed by atoms with E-state index in [2.05, 4.69) is 4.98 Å². The SMILES string of the molecule is COCC12CCCCN(C(=O)c3cccnc3C)CCOc3ccccc3C(=O)N(CC1)CC2. The molecule has 3 aliphatic rings. The van der Waals surface area contributed by atoms with E-state index in [1.165, 1.54) is 0 Å². The Labute approximate surface area is 202 Å². The highest BCUT2D eigenvalue weighted by atomic mass is 16.5. The van der Waals surface area contributed by atoms with E-state index < -0.39 is 0 Å². The number of hydrogen-bond donors (Lipinski definition) is 0. The van der Waals surface area contributed by atoms with Crippen LogP contribution in [0.2, 0.25) is 0 Å². The number of aryl methyl sites for hydroxylation is 1. The molecular formula is C27H35N3O4. The molecule has 0 N–H and O–H groups in total. The van der Waals surface area contributed by atoms with Gasteiger partial charge >= 0.3 is 0 Å². The first kappa shape index (κ1) is 24.2. The van der Waals surface area contributed by atoms with E-state index in [0.717, 1.165) is 50.9 Å². The van der Waals surface area contributed by atoms with Crippen molar-refractivity contribution in [3.63, 3.8) is 0 Å². The van der Waals surface area contributed by atoms with Gasteiger partial charge in [-0.15, -0.1) is 0 Å². The molecule has 182 valence electrons. The van der Waals surface area contributed by atoms with Crippen LogP contribution in [0, 0.1) is 12.3 Å². The van der Waals surface area contributed by atoms with Gasteiger partial charge in [0.05, 0.1) is 24.3 Å². The van der Waals surface area contributed by atoms with Crippen LogP contribution in [0.3, 0.4) is 0 Å². The Bertz CT molecular complexity index is 1000. The van der Waals surface area contributed by atoms with Crippen LogP contribution >= 0.6 is 0 Å². The number of ether oxygens (including phenoxy) is 2. The molecule has 0 atom stereocenters. The van der Waals surface area contributed by atoms with Crippen LogP contribution in [0.25, 0.3) is 0 Å². The zero-order valence-electron chi connectivity index (χ0n) is 20.3. The van der Waals surface area contributed by atoms with Gasteiger partial charge in [0.2, 0.25) is 0 Å². The van der Waals surface area contributed by atoms with Gasteiger partial charge in [0.1, 0.15) is 12.4 Å². The molecule has 2 bridgehead atoms. The van der Waals surface area contributed by atoms with Crippen molar-refractivity contribution in [3.05, 3.63) is 59.4 Å². The minimum absolute atomic E-state index is 0.00964. The summed E-state index contributed by atoms with van der Waals surface area (Å²) >= 11 is 0. The monoisotopic (exact) mass is 465 g/mol. The highest BCUT2D eigenvalue weighted by Gasteiger charge is 2.36. The first-order chi connectivity index (χ1) is 16.5. The van der Waals surface area contributed by atoms with Crippen LogP contribution in [0.4, 0.5) is 0 Å². The normalized spacial score (nSPS) is 19.1. The van der Waals surface area contributed by atoms with E-state index in [1.807, 2.05) is 47.1 Å². The van der Waals surface area contributed by atoms with Crippen molar-refractivity contribution in [2.24, 2.45) is 5.41 Å². The number of fused-ring (bicyclic) bond motifs is 9. The number of carbonyl (C=O) groups is 2. The largest absolute Gasteiger partial charge is 0.491 e. The number of methoxy groups -OCH3 is 1. The van der Waals surface area contributed by atoms with Gasteiger partial charge in [0.25, 0.3) is 11.8 Å². The second kappa shape index (κ2) is 11.0. The fourth-order valence-electron chi connectivity index (χ4n) is 5.16. The maximum Gasteiger partial charge on any atom is 0.257 e. The molecule has 34 heavy (non-hydrogen) atoms. The number of nitrogens with zero attached hydrogens (tertiary/aromatic N) is 3. The Kier molecular flexibility index (Phi) is 7.83. The van der Waals surface area contributed by atoms with E-state index in [-0.39, 0.29) is 17.2 Å². The van der Waals surface area contributed by atoms with E-state index in [0.29, 0.717) is 43.2 Å². The van der Waals surface area contributed by atoms with Crippen LogP contribution < -0.4 is 4.74 Å². The third-order valence-electron chi connectivity index (χ3n) is 7.21. The number of aromatic nitrogens is 1. The Morgan fingerprint density at radius 3 is 2.62 bits per heavy atom. The third kappa shape index (κ3) is 5.41. The van der Waals surface area contributed by atoms with Gasteiger partial charge in [-0.05, 0) is 62.3 Å². The lowest BCUT2D eigenvalue weighted by atomic mass is 9.75. The summed E-state index contributed by atoms with van der Waals surface area (Å²) in [6.45, 7) is 5.44. The Balaban J connectivity index is 1.59. The number of rotatable bonds is 3. The fourth-order valence-corrected chi connectivity index (χ4v) is 5.16. The van der Waals surface area contributed by atoms with E-state index >= 15 is 0 Å². The molecule has 0 spiro atoms. The number of para-hydroxylation sites is 1. The zero-order valence-corrected chi connectivity index (χ0v) is 20.3. The Morgan fingerprint density at radius 1 is 1.06 bits per heavy atom. The lowest BCUT2D eigenvalue weighted by Crippen LogP contribution is -2.45. The second-order valence-corrected chi connectivity index (χ2v) is 9.46. The summed E-state index contributed by atoms with van der Waals surface area (Å²) in [5.74, 6) is 0.554. The van der Waals surface area contributed by atoms with Crippen molar-refractivity contribution in [3.8, 4) is 5.75 Å². The van der Waals surface area contributed by atoms with Crippen LogP contribution in [0.5, 0.6) is 5.75 Å². The Hall–Kier alpha value is -2.93. The van der Waals surface area contributed by atoms with Crippen molar-refractivity contribution in [1.29, 1.82) is 0 Å². The maximum absolute atomic E-state index is 13.4. The minimum Gasteiger partial charge on any atom is -0.491 e. The first-order valence-electron chi connectivity index (χ1n) is 12.2. The molecule has 2 aromatic rings. The molecule has 3 aliphatic heterocycles. The van der Waals surface area contributed by atoms with Gasteiger partial charge in [-0.1, -0.05) is 18.6 Å². The van der Waals surface area contributed by atoms with Gasteiger partial charge in [-0.25, -0.2) is 0 Å². The van der Waals surface area contributed by atoms with Crippen molar-refractivity contribution in [2.75, 3.05) is 46.5 Å². The lowest BCUT2D eigenvalue weighted by Gasteiger charge is -2.41. The highest BCUT2D eigenvalue weighted by Crippen LogP contribution is 2.38. The Morgan fingerprint density at radius 2 is 1.85 bits per heavy atom. The van der Waals surface area contributed by atoms with Crippen molar-refractivity contribution in [1.82, 2.24) is 14.8 Å². The van der Waals surface area contributed by atoms with Crippen LogP contribution in [0.15, 0.2) is 42.6 Å². The molecule has 4 heterocycles. The summed E-state index contributed by atoms with van der Waals surface area (Å²) in [7, 11) is 1.76. The predicted molar refractivity (Wildman–Crippen MR) is 130 cm³/mol. The number of benzene rings is 1. The third-order valence-corrected chi connectivity index (χ3v) is 7.21. The van der Waals surface area contributed by atoms with Crippen LogP contribution in [-0.4, -0.2) is 73.1 Å². The molecule has 5 rings (SSSR count). The van der Waals surface area contributed by atoms with Gasteiger partial charge in [-0.2, -0.15) is 0 Å². The molecule has 0 radical (unpaired) electrons. The van der Waals surface area contributed by atoms with Crippen LogP contribution in [-0.2, 0) is 4.74 Å². The number of amides is 2. The van der Waals surface area contributed by atoms with E-state index in [4.69, 9.17) is 9.47 Å². The lowest BCUT2D eigenvalue weighted by molar-refractivity contribution is 0.0136. The molecule has 7 nitrogen and oxygen atoms in total. The minimum atomic E-state index is -0.0264. The molecular weight excluding hydrogens is 430 g/mol. The van der Waals surface area contributed by atoms with Crippen molar-refractivity contribution in [2.45, 2.75) is 39.0 Å². The summed E-state index contributed by atoms with van der Waals surface area (Å²) in [5, 5.41) is 0. The number of carbonyl (C=O) groups excluding carboxylic acids is 2. The van der Waals surface area contributed by atoms with Crippen LogP contribution in [0.1, 0.15) is 58.5 Å². The molecule has 0 unspecified atom stereocenters. The number of pyridine rings is 1. The molecule has 1 aromatic heterocycles. The highest BCUT2D eigenvalue weighted by molar-refractivity contribution is 5.97. The summed E-state index contributed by atoms with van der Waals surface area (Å²) in [4.78, 5) is 34.8. The quantitative estimate of drug-likeness (QED) is 0.686. The van der Waals surface area contributed by atoms with E-state index in [9.17, 15) is 9.59 Å². The summed E-state index contributed by atoms with van der Waals surface area (Å²) < 4.78 is 11.7. The smallest absolute Gasteiger partial charge is 0.257 e. The second-order valence-electron chi connectivity index (χ2n) is 9.46. The molecule has 1 saturated heterocycles. The number of hydrogen-bond acceptors (Lipinski definition) is 5. The molecule has 0 saturated carbocycles. The predicted octanol–water partition coefficient (Wildman–Crippen LogP) is 3.96. The average molecular weight is 466 g/mol. The standard InChI is InChI=1S/C27H35N3O4/c1-21-22(9-7-14-28-21)25(31)29-15-6-5-11-27(20-33-2)12-16-30(17-13-27)26(32)23-8-3-4-10-24(23)34-19-18-29/h3-4,7-10,14H,5-6,11-13,15-20H2,1-2H3. The van der Waals surface area contributed by atoms with Gasteiger partial charge in [0.15, 0.2) is 0 Å². The zero-order chi connectivity index (χ0) is 24.0. The summed E-state index contributed by atoms with van der Waals surface area (Å²) in [6.07, 6.45) is 6.50. The molecule has 1 fully saturated rings. The topological polar surface area (TPSA) is 72.0 Å². The molecule has 2 amide bonds.